The minimum atomic E-state index is -0.419. The second-order valence-electron chi connectivity index (χ2n) is 6.46. The lowest BCUT2D eigenvalue weighted by Crippen LogP contribution is -2.52. The predicted molar refractivity (Wildman–Crippen MR) is 96.5 cm³/mol. The van der Waals surface area contributed by atoms with Gasteiger partial charge in [0.2, 0.25) is 0 Å². The van der Waals surface area contributed by atoms with E-state index in [1.54, 1.807) is 6.26 Å². The van der Waals surface area contributed by atoms with Crippen LogP contribution < -0.4 is 4.74 Å². The quantitative estimate of drug-likeness (QED) is 0.809. The van der Waals surface area contributed by atoms with Crippen molar-refractivity contribution in [1.29, 1.82) is 0 Å². The molecule has 1 saturated heterocycles. The highest BCUT2D eigenvalue weighted by molar-refractivity contribution is 5.81. The van der Waals surface area contributed by atoms with Gasteiger partial charge in [-0.1, -0.05) is 25.1 Å². The Bertz CT molecular complexity index is 676. The number of benzene rings is 1. The van der Waals surface area contributed by atoms with E-state index in [1.165, 1.54) is 0 Å². The van der Waals surface area contributed by atoms with Crippen LogP contribution in [0.3, 0.4) is 0 Å². The fourth-order valence-corrected chi connectivity index (χ4v) is 3.10. The van der Waals surface area contributed by atoms with Gasteiger partial charge in [0.1, 0.15) is 11.5 Å². The summed E-state index contributed by atoms with van der Waals surface area (Å²) in [6.07, 6.45) is 1.95. The van der Waals surface area contributed by atoms with Crippen molar-refractivity contribution in [2.24, 2.45) is 0 Å². The van der Waals surface area contributed by atoms with Crippen LogP contribution in [0.5, 0.6) is 5.75 Å². The van der Waals surface area contributed by atoms with E-state index in [2.05, 4.69) is 4.90 Å². The summed E-state index contributed by atoms with van der Waals surface area (Å²) in [6.45, 7) is 7.96. The molecule has 134 valence electrons. The molecule has 1 atom stereocenters. The number of hydrogen-bond acceptors (Lipinski definition) is 4. The maximum atomic E-state index is 12.8. The molecule has 2 aromatic rings. The van der Waals surface area contributed by atoms with Crippen LogP contribution in [-0.2, 0) is 11.3 Å². The molecule has 2 heterocycles. The topological polar surface area (TPSA) is 45.9 Å². The standard InChI is InChI=1S/C20H26N2O3/c1-3-18(25-19-9-5-4-7-16(19)2)20(23)22-12-10-21(11-13-22)15-17-8-6-14-24-17/h4-9,14,18H,3,10-13,15H2,1-2H3/t18-/m0/s1. The molecule has 0 bridgehead atoms. The molecule has 3 rings (SSSR count). The van der Waals surface area contributed by atoms with Crippen molar-refractivity contribution in [3.05, 3.63) is 54.0 Å². The fourth-order valence-electron chi connectivity index (χ4n) is 3.10. The Morgan fingerprint density at radius 1 is 1.16 bits per heavy atom. The highest BCUT2D eigenvalue weighted by Crippen LogP contribution is 2.20. The van der Waals surface area contributed by atoms with Crippen molar-refractivity contribution in [2.45, 2.75) is 32.9 Å². The van der Waals surface area contributed by atoms with Crippen LogP contribution >= 0.6 is 0 Å². The number of aryl methyl sites for hydroxylation is 1. The first-order chi connectivity index (χ1) is 12.2. The lowest BCUT2D eigenvalue weighted by atomic mass is 10.2. The average molecular weight is 342 g/mol. The second-order valence-corrected chi connectivity index (χ2v) is 6.46. The molecule has 1 amide bonds. The third-order valence-corrected chi connectivity index (χ3v) is 4.65. The Hall–Kier alpha value is -2.27. The minimum Gasteiger partial charge on any atom is -0.480 e. The van der Waals surface area contributed by atoms with Crippen LogP contribution in [0, 0.1) is 6.92 Å². The summed E-state index contributed by atoms with van der Waals surface area (Å²) in [7, 11) is 0. The lowest BCUT2D eigenvalue weighted by Gasteiger charge is -2.36. The number of para-hydroxylation sites is 1. The molecule has 0 radical (unpaired) electrons. The van der Waals surface area contributed by atoms with Gasteiger partial charge in [0.05, 0.1) is 12.8 Å². The van der Waals surface area contributed by atoms with Gasteiger partial charge in [0.15, 0.2) is 6.10 Å². The molecule has 0 saturated carbocycles. The highest BCUT2D eigenvalue weighted by atomic mass is 16.5. The summed E-state index contributed by atoms with van der Waals surface area (Å²) in [6, 6.07) is 11.7. The Labute approximate surface area is 149 Å². The zero-order valence-corrected chi connectivity index (χ0v) is 15.0. The molecular formula is C20H26N2O3. The van der Waals surface area contributed by atoms with Gasteiger partial charge in [0.25, 0.3) is 5.91 Å². The van der Waals surface area contributed by atoms with Crippen LogP contribution in [0.4, 0.5) is 0 Å². The van der Waals surface area contributed by atoms with Crippen molar-refractivity contribution >= 4 is 5.91 Å². The Balaban J connectivity index is 1.54. The summed E-state index contributed by atoms with van der Waals surface area (Å²) in [5, 5.41) is 0. The normalized spacial score (nSPS) is 16.6. The molecule has 1 aromatic carbocycles. The van der Waals surface area contributed by atoms with E-state index < -0.39 is 6.10 Å². The maximum absolute atomic E-state index is 12.8. The number of furan rings is 1. The Kier molecular flexibility index (Phi) is 5.76. The molecule has 1 aromatic heterocycles. The first-order valence-electron chi connectivity index (χ1n) is 8.93. The molecular weight excluding hydrogens is 316 g/mol. The number of carbonyl (C=O) groups is 1. The summed E-state index contributed by atoms with van der Waals surface area (Å²) >= 11 is 0. The van der Waals surface area contributed by atoms with Gasteiger partial charge in [-0.2, -0.15) is 0 Å². The molecule has 1 aliphatic heterocycles. The number of rotatable bonds is 6. The van der Waals surface area contributed by atoms with Gasteiger partial charge in [0, 0.05) is 26.2 Å². The lowest BCUT2D eigenvalue weighted by molar-refractivity contribution is -0.140. The third kappa shape index (κ3) is 4.42. The van der Waals surface area contributed by atoms with Gasteiger partial charge in [-0.15, -0.1) is 0 Å². The van der Waals surface area contributed by atoms with Gasteiger partial charge >= 0.3 is 0 Å². The molecule has 0 spiro atoms. The largest absolute Gasteiger partial charge is 0.480 e. The number of nitrogens with zero attached hydrogens (tertiary/aromatic N) is 2. The monoisotopic (exact) mass is 342 g/mol. The van der Waals surface area contributed by atoms with Crippen LogP contribution in [0.25, 0.3) is 0 Å². The average Bonchev–Trinajstić information content (AvgIpc) is 3.14. The smallest absolute Gasteiger partial charge is 0.263 e. The zero-order valence-electron chi connectivity index (χ0n) is 15.0. The maximum Gasteiger partial charge on any atom is 0.263 e. The number of hydrogen-bond donors (Lipinski definition) is 0. The van der Waals surface area contributed by atoms with Crippen molar-refractivity contribution in [3.8, 4) is 5.75 Å². The predicted octanol–water partition coefficient (Wildman–Crippen LogP) is 3.09. The third-order valence-electron chi connectivity index (χ3n) is 4.65. The van der Waals surface area contributed by atoms with E-state index in [9.17, 15) is 4.79 Å². The van der Waals surface area contributed by atoms with Gasteiger partial charge in [-0.3, -0.25) is 9.69 Å². The minimum absolute atomic E-state index is 0.0865. The van der Waals surface area contributed by atoms with Crippen molar-refractivity contribution < 1.29 is 13.9 Å². The molecule has 5 nitrogen and oxygen atoms in total. The number of amides is 1. The Morgan fingerprint density at radius 2 is 1.92 bits per heavy atom. The van der Waals surface area contributed by atoms with Crippen molar-refractivity contribution in [2.75, 3.05) is 26.2 Å². The molecule has 0 unspecified atom stereocenters. The molecule has 5 heteroatoms. The SMILES string of the molecule is CC[C@H](Oc1ccccc1C)C(=O)N1CCN(Cc2ccco2)CC1. The van der Waals surface area contributed by atoms with Crippen molar-refractivity contribution in [3.63, 3.8) is 0 Å². The van der Waals surface area contributed by atoms with Crippen LogP contribution in [0.1, 0.15) is 24.7 Å². The van der Waals surface area contributed by atoms with Gasteiger partial charge in [-0.05, 0) is 37.1 Å². The first kappa shape index (κ1) is 17.5. The summed E-state index contributed by atoms with van der Waals surface area (Å²) < 4.78 is 11.4. The number of piperazine rings is 1. The van der Waals surface area contributed by atoms with Crippen LogP contribution in [-0.4, -0.2) is 48.0 Å². The van der Waals surface area contributed by atoms with Crippen LogP contribution in [0.2, 0.25) is 0 Å². The van der Waals surface area contributed by atoms with E-state index >= 15 is 0 Å². The molecule has 1 aliphatic rings. The fraction of sp³-hybridized carbons (Fsp3) is 0.450. The summed E-state index contributed by atoms with van der Waals surface area (Å²) in [4.78, 5) is 17.1. The number of ether oxygens (including phenoxy) is 1. The first-order valence-corrected chi connectivity index (χ1v) is 8.93. The van der Waals surface area contributed by atoms with E-state index in [-0.39, 0.29) is 5.91 Å². The van der Waals surface area contributed by atoms with E-state index in [1.807, 2.05) is 55.1 Å². The van der Waals surface area contributed by atoms with Crippen molar-refractivity contribution in [1.82, 2.24) is 9.80 Å². The molecule has 0 aliphatic carbocycles. The molecule has 25 heavy (non-hydrogen) atoms. The number of carbonyl (C=O) groups excluding carboxylic acids is 1. The summed E-state index contributed by atoms with van der Waals surface area (Å²) in [5.41, 5.74) is 1.05. The van der Waals surface area contributed by atoms with Gasteiger partial charge in [-0.25, -0.2) is 0 Å². The second kappa shape index (κ2) is 8.21. The molecule has 1 fully saturated rings. The summed E-state index contributed by atoms with van der Waals surface area (Å²) in [5.74, 6) is 1.84. The van der Waals surface area contributed by atoms with Crippen LogP contribution in [0.15, 0.2) is 47.1 Å². The van der Waals surface area contributed by atoms with E-state index in [4.69, 9.17) is 9.15 Å². The van der Waals surface area contributed by atoms with E-state index in [0.29, 0.717) is 6.42 Å². The highest BCUT2D eigenvalue weighted by Gasteiger charge is 2.28. The molecule has 0 N–H and O–H groups in total. The van der Waals surface area contributed by atoms with E-state index in [0.717, 1.165) is 49.8 Å². The zero-order chi connectivity index (χ0) is 17.6. The van der Waals surface area contributed by atoms with Gasteiger partial charge < -0.3 is 14.1 Å². The Morgan fingerprint density at radius 3 is 2.56 bits per heavy atom.